The van der Waals surface area contributed by atoms with E-state index in [2.05, 4.69) is 5.32 Å². The molecule has 2 aromatic rings. The fourth-order valence-corrected chi connectivity index (χ4v) is 5.04. The molecule has 162 valence electrons. The van der Waals surface area contributed by atoms with E-state index in [9.17, 15) is 22.0 Å². The van der Waals surface area contributed by atoms with Gasteiger partial charge in [0.25, 0.3) is 0 Å². The minimum atomic E-state index is -4.22. The third-order valence-corrected chi connectivity index (χ3v) is 7.04. The van der Waals surface area contributed by atoms with Gasteiger partial charge in [-0.05, 0) is 49.6 Å². The molecule has 1 atom stereocenters. The Kier molecular flexibility index (Phi) is 6.95. The third-order valence-electron chi connectivity index (χ3n) is 4.92. The highest BCUT2D eigenvalue weighted by atomic mass is 35.5. The molecule has 10 heteroatoms. The summed E-state index contributed by atoms with van der Waals surface area (Å²) in [5.74, 6) is -2.43. The van der Waals surface area contributed by atoms with E-state index < -0.39 is 40.2 Å². The molecule has 1 heterocycles. The van der Waals surface area contributed by atoms with Crippen LogP contribution >= 0.6 is 11.6 Å². The molecule has 1 aliphatic rings. The Morgan fingerprint density at radius 3 is 2.53 bits per heavy atom. The highest BCUT2D eigenvalue weighted by Gasteiger charge is 2.37. The van der Waals surface area contributed by atoms with Gasteiger partial charge in [0.2, 0.25) is 15.9 Å². The van der Waals surface area contributed by atoms with Gasteiger partial charge in [-0.1, -0.05) is 11.6 Å². The standard InChI is InChI=1S/C20H21ClF2N2O4S/c1-29-19-11-16(22)13(10-17(19)23)12-25(18-4-2-3-9-24-20(18)26)30(27,28)15-7-5-14(21)6-8-15/h5-8,10-11,18H,2-4,9,12H2,1H3,(H,24,26). The normalized spacial score (nSPS) is 17.5. The van der Waals surface area contributed by atoms with Crippen LogP contribution in [0.15, 0.2) is 41.3 Å². The highest BCUT2D eigenvalue weighted by molar-refractivity contribution is 7.89. The largest absolute Gasteiger partial charge is 0.494 e. The summed E-state index contributed by atoms with van der Waals surface area (Å²) in [5.41, 5.74) is -0.206. The number of hydrogen-bond donors (Lipinski definition) is 1. The number of sulfonamides is 1. The summed E-state index contributed by atoms with van der Waals surface area (Å²) < 4.78 is 61.2. The average molecular weight is 459 g/mol. The Balaban J connectivity index is 2.07. The van der Waals surface area contributed by atoms with Gasteiger partial charge in [-0.15, -0.1) is 0 Å². The van der Waals surface area contributed by atoms with E-state index in [1.165, 1.54) is 31.4 Å². The van der Waals surface area contributed by atoms with Crippen LogP contribution in [0.25, 0.3) is 0 Å². The fourth-order valence-electron chi connectivity index (χ4n) is 3.32. The summed E-state index contributed by atoms with van der Waals surface area (Å²) in [5, 5.41) is 3.03. The van der Waals surface area contributed by atoms with Crippen LogP contribution in [0.4, 0.5) is 8.78 Å². The van der Waals surface area contributed by atoms with Crippen molar-refractivity contribution in [1.29, 1.82) is 0 Å². The summed E-state index contributed by atoms with van der Waals surface area (Å²) in [4.78, 5) is 12.5. The minimum absolute atomic E-state index is 0.0988. The van der Waals surface area contributed by atoms with Crippen molar-refractivity contribution in [3.63, 3.8) is 0 Å². The first-order valence-corrected chi connectivity index (χ1v) is 11.1. The highest BCUT2D eigenvalue weighted by Crippen LogP contribution is 2.28. The van der Waals surface area contributed by atoms with Crippen molar-refractivity contribution in [3.8, 4) is 5.75 Å². The molecule has 6 nitrogen and oxygen atoms in total. The van der Waals surface area contributed by atoms with Crippen molar-refractivity contribution in [2.45, 2.75) is 36.7 Å². The molecule has 0 radical (unpaired) electrons. The molecule has 1 N–H and O–H groups in total. The number of benzene rings is 2. The Morgan fingerprint density at radius 2 is 1.87 bits per heavy atom. The topological polar surface area (TPSA) is 75.7 Å². The summed E-state index contributed by atoms with van der Waals surface area (Å²) in [6.45, 7) is -0.0918. The molecule has 3 rings (SSSR count). The molecule has 0 saturated carbocycles. The second-order valence-electron chi connectivity index (χ2n) is 6.88. The number of hydrogen-bond acceptors (Lipinski definition) is 4. The van der Waals surface area contributed by atoms with Crippen LogP contribution < -0.4 is 10.1 Å². The zero-order chi connectivity index (χ0) is 21.9. The quantitative estimate of drug-likeness (QED) is 0.719. The molecule has 0 aromatic heterocycles. The van der Waals surface area contributed by atoms with Crippen LogP contribution in [0.5, 0.6) is 5.75 Å². The number of nitrogens with one attached hydrogen (secondary N) is 1. The van der Waals surface area contributed by atoms with Gasteiger partial charge in [0.15, 0.2) is 11.6 Å². The van der Waals surface area contributed by atoms with Gasteiger partial charge in [-0.3, -0.25) is 4.79 Å². The van der Waals surface area contributed by atoms with Gasteiger partial charge in [0.05, 0.1) is 12.0 Å². The smallest absolute Gasteiger partial charge is 0.244 e. The number of rotatable bonds is 6. The molecule has 1 amide bonds. The van der Waals surface area contributed by atoms with Crippen molar-refractivity contribution < 1.29 is 26.7 Å². The van der Waals surface area contributed by atoms with Crippen molar-refractivity contribution in [1.82, 2.24) is 9.62 Å². The molecule has 1 unspecified atom stereocenters. The molecule has 0 spiro atoms. The van der Waals surface area contributed by atoms with Gasteiger partial charge >= 0.3 is 0 Å². The zero-order valence-electron chi connectivity index (χ0n) is 16.2. The molecule has 2 aromatic carbocycles. The van der Waals surface area contributed by atoms with E-state index in [-0.39, 0.29) is 22.6 Å². The maximum Gasteiger partial charge on any atom is 0.244 e. The molecular formula is C20H21ClF2N2O4S. The second kappa shape index (κ2) is 9.28. The van der Waals surface area contributed by atoms with Crippen LogP contribution in [0.3, 0.4) is 0 Å². The molecule has 1 aliphatic heterocycles. The maximum absolute atomic E-state index is 14.6. The SMILES string of the molecule is COc1cc(F)c(CN(C2CCCCNC2=O)S(=O)(=O)c2ccc(Cl)cc2)cc1F. The van der Waals surface area contributed by atoms with Gasteiger partial charge in [0, 0.05) is 29.7 Å². The summed E-state index contributed by atoms with van der Waals surface area (Å²) in [6, 6.07) is 6.12. The van der Waals surface area contributed by atoms with Gasteiger partial charge < -0.3 is 10.1 Å². The van der Waals surface area contributed by atoms with E-state index >= 15 is 0 Å². The van der Waals surface area contributed by atoms with E-state index in [1.807, 2.05) is 0 Å². The van der Waals surface area contributed by atoms with Crippen LogP contribution in [-0.4, -0.2) is 38.3 Å². The summed E-state index contributed by atoms with van der Waals surface area (Å²) in [6.07, 6.45) is 1.57. The zero-order valence-corrected chi connectivity index (χ0v) is 17.8. The Hall–Kier alpha value is -2.23. The number of methoxy groups -OCH3 is 1. The van der Waals surface area contributed by atoms with E-state index in [0.717, 1.165) is 16.4 Å². The number of nitrogens with zero attached hydrogens (tertiary/aromatic N) is 1. The lowest BCUT2D eigenvalue weighted by atomic mass is 10.1. The maximum atomic E-state index is 14.6. The lowest BCUT2D eigenvalue weighted by Gasteiger charge is -2.29. The first-order valence-electron chi connectivity index (χ1n) is 9.31. The monoisotopic (exact) mass is 458 g/mol. The first kappa shape index (κ1) is 22.5. The Morgan fingerprint density at radius 1 is 1.17 bits per heavy atom. The third kappa shape index (κ3) is 4.74. The number of carbonyl (C=O) groups is 1. The predicted molar refractivity (Wildman–Crippen MR) is 108 cm³/mol. The summed E-state index contributed by atoms with van der Waals surface area (Å²) >= 11 is 5.86. The fraction of sp³-hybridized carbons (Fsp3) is 0.350. The number of carbonyl (C=O) groups excluding carboxylic acids is 1. The molecule has 1 fully saturated rings. The van der Waals surface area contributed by atoms with E-state index in [1.54, 1.807) is 0 Å². The van der Waals surface area contributed by atoms with Crippen molar-refractivity contribution in [3.05, 3.63) is 58.6 Å². The predicted octanol–water partition coefficient (Wildman–Crippen LogP) is 3.49. The van der Waals surface area contributed by atoms with Crippen molar-refractivity contribution >= 4 is 27.5 Å². The number of amides is 1. The second-order valence-corrected chi connectivity index (χ2v) is 9.21. The van der Waals surface area contributed by atoms with Gasteiger partial charge in [-0.25, -0.2) is 17.2 Å². The molecule has 0 bridgehead atoms. The van der Waals surface area contributed by atoms with Gasteiger partial charge in [0.1, 0.15) is 11.9 Å². The summed E-state index contributed by atoms with van der Waals surface area (Å²) in [7, 11) is -3.02. The lowest BCUT2D eigenvalue weighted by molar-refractivity contribution is -0.124. The van der Waals surface area contributed by atoms with Crippen LogP contribution in [0.2, 0.25) is 5.02 Å². The van der Waals surface area contributed by atoms with Crippen LogP contribution in [0.1, 0.15) is 24.8 Å². The van der Waals surface area contributed by atoms with Gasteiger partial charge in [-0.2, -0.15) is 4.31 Å². The Bertz CT molecular complexity index is 1030. The molecule has 30 heavy (non-hydrogen) atoms. The minimum Gasteiger partial charge on any atom is -0.494 e. The van der Waals surface area contributed by atoms with Crippen LogP contribution in [0, 0.1) is 11.6 Å². The van der Waals surface area contributed by atoms with Crippen LogP contribution in [-0.2, 0) is 21.4 Å². The lowest BCUT2D eigenvalue weighted by Crippen LogP contribution is -2.48. The Labute approximate surface area is 178 Å². The van der Waals surface area contributed by atoms with Crippen molar-refractivity contribution in [2.24, 2.45) is 0 Å². The number of halogens is 3. The molecule has 1 saturated heterocycles. The molecular weight excluding hydrogens is 438 g/mol. The van der Waals surface area contributed by atoms with E-state index in [0.29, 0.717) is 24.4 Å². The van der Waals surface area contributed by atoms with Crippen molar-refractivity contribution in [2.75, 3.05) is 13.7 Å². The number of ether oxygens (including phenoxy) is 1. The molecule has 0 aliphatic carbocycles. The average Bonchev–Trinajstić information content (AvgIpc) is 2.92. The first-order chi connectivity index (χ1) is 14.2. The van der Waals surface area contributed by atoms with E-state index in [4.69, 9.17) is 16.3 Å².